The molecule has 0 fully saturated rings. The molecule has 0 unspecified atom stereocenters. The van der Waals surface area contributed by atoms with E-state index in [1.165, 1.54) is 11.6 Å². The summed E-state index contributed by atoms with van der Waals surface area (Å²) in [5, 5.41) is 19.8. The lowest BCUT2D eigenvalue weighted by Gasteiger charge is -2.21. The predicted molar refractivity (Wildman–Crippen MR) is 125 cm³/mol. The number of nitrogens with zero attached hydrogens (tertiary/aromatic N) is 2. The normalized spacial score (nSPS) is 11.7. The van der Waals surface area contributed by atoms with Crippen LogP contribution in [0.2, 0.25) is 0 Å². The second-order valence-electron chi connectivity index (χ2n) is 8.68. The van der Waals surface area contributed by atoms with Crippen LogP contribution in [-0.2, 0) is 12.0 Å². The highest BCUT2D eigenvalue weighted by Crippen LogP contribution is 2.33. The maximum absolute atomic E-state index is 11.0. The summed E-state index contributed by atoms with van der Waals surface area (Å²) >= 11 is 0. The van der Waals surface area contributed by atoms with Crippen molar-refractivity contribution in [1.29, 1.82) is 0 Å². The lowest BCUT2D eigenvalue weighted by Crippen LogP contribution is -2.11. The van der Waals surface area contributed by atoms with Gasteiger partial charge in [-0.3, -0.25) is 10.2 Å². The quantitative estimate of drug-likeness (QED) is 0.470. The third-order valence-electron chi connectivity index (χ3n) is 5.19. The van der Waals surface area contributed by atoms with E-state index in [1.807, 2.05) is 43.3 Å². The van der Waals surface area contributed by atoms with E-state index >= 15 is 0 Å². The molecule has 0 spiro atoms. The molecule has 3 aromatic rings. The van der Waals surface area contributed by atoms with Gasteiger partial charge in [0.15, 0.2) is 0 Å². The van der Waals surface area contributed by atoms with Crippen molar-refractivity contribution in [3.05, 3.63) is 94.0 Å². The second kappa shape index (κ2) is 9.33. The molecule has 0 aliphatic rings. The topological polar surface area (TPSA) is 68.7 Å². The van der Waals surface area contributed by atoms with Crippen LogP contribution in [0.25, 0.3) is 17.3 Å². The first kappa shape index (κ1) is 22.5. The highest BCUT2D eigenvalue weighted by atomic mass is 16.8. The van der Waals surface area contributed by atoms with Gasteiger partial charge in [0.1, 0.15) is 12.4 Å². The molecule has 162 valence electrons. The van der Waals surface area contributed by atoms with Crippen LogP contribution in [-0.4, -0.2) is 15.4 Å². The lowest BCUT2D eigenvalue weighted by atomic mass is 9.85. The van der Waals surface area contributed by atoms with Gasteiger partial charge in [-0.05, 0) is 42.0 Å². The number of hydroxylamine groups is 2. The lowest BCUT2D eigenvalue weighted by molar-refractivity contribution is 0.0129. The number of aromatic nitrogens is 1. The van der Waals surface area contributed by atoms with E-state index in [0.717, 1.165) is 28.6 Å². The Labute approximate surface area is 184 Å². The molecule has 31 heavy (non-hydrogen) atoms. The molecule has 0 saturated heterocycles. The van der Waals surface area contributed by atoms with E-state index in [2.05, 4.69) is 45.9 Å². The summed E-state index contributed by atoms with van der Waals surface area (Å²) in [5.74, 6) is 0.601. The van der Waals surface area contributed by atoms with Crippen molar-refractivity contribution >= 4 is 6.08 Å². The van der Waals surface area contributed by atoms with Gasteiger partial charge >= 0.3 is 0 Å². The Kier molecular flexibility index (Phi) is 6.78. The van der Waals surface area contributed by atoms with E-state index in [0.29, 0.717) is 23.6 Å². The molecule has 0 amide bonds. The summed E-state index contributed by atoms with van der Waals surface area (Å²) in [6.07, 6.45) is 2.54. The van der Waals surface area contributed by atoms with Crippen molar-refractivity contribution in [3.8, 4) is 17.0 Å². The van der Waals surface area contributed by atoms with E-state index in [9.17, 15) is 5.21 Å². The van der Waals surface area contributed by atoms with E-state index < -0.39 is 0 Å². The Balaban J connectivity index is 2.03. The summed E-state index contributed by atoms with van der Waals surface area (Å²) in [6, 6.07) is 18.2. The van der Waals surface area contributed by atoms with Crippen molar-refractivity contribution in [2.45, 2.75) is 46.6 Å². The average Bonchev–Trinajstić information content (AvgIpc) is 2.71. The molecule has 0 aliphatic heterocycles. The van der Waals surface area contributed by atoms with Gasteiger partial charge in [-0.15, -0.1) is 0 Å². The summed E-state index contributed by atoms with van der Waals surface area (Å²) in [7, 11) is 0. The zero-order chi connectivity index (χ0) is 22.6. The van der Waals surface area contributed by atoms with E-state index in [4.69, 9.17) is 14.9 Å². The minimum absolute atomic E-state index is 0.0692. The molecule has 1 aromatic heterocycles. The van der Waals surface area contributed by atoms with Crippen molar-refractivity contribution in [2.75, 3.05) is 0 Å². The molecule has 1 N–H and O–H groups in total. The van der Waals surface area contributed by atoms with E-state index in [-0.39, 0.29) is 10.6 Å². The maximum Gasteiger partial charge on any atom is 0.131 e. The zero-order valence-electron chi connectivity index (χ0n) is 18.7. The first-order valence-corrected chi connectivity index (χ1v) is 10.3. The van der Waals surface area contributed by atoms with Gasteiger partial charge in [0.25, 0.3) is 0 Å². The standard InChI is InChI=1S/C26H29N2O3/c1-18-15-21(26(3,4)5)11-12-22(18)24-16-25(31-17-20-9-7-6-8-10-20)23(19(2)27-24)13-14-28(29)30/h6-16,29H,17H2,1-5H3/q-1/b14-13+. The van der Waals surface area contributed by atoms with Crippen molar-refractivity contribution < 1.29 is 9.94 Å². The highest BCUT2D eigenvalue weighted by molar-refractivity contribution is 5.70. The number of hydrogen-bond acceptors (Lipinski definition) is 5. The molecule has 0 saturated carbocycles. The van der Waals surface area contributed by atoms with Gasteiger partial charge in [0, 0.05) is 29.1 Å². The molecule has 0 radical (unpaired) electrons. The molecule has 0 aliphatic carbocycles. The second-order valence-corrected chi connectivity index (χ2v) is 8.68. The molecule has 1 heterocycles. The van der Waals surface area contributed by atoms with Gasteiger partial charge in [0.05, 0.1) is 5.69 Å². The summed E-state index contributed by atoms with van der Waals surface area (Å²) in [5.41, 5.74) is 6.70. The molecule has 5 nitrogen and oxygen atoms in total. The molecule has 0 bridgehead atoms. The van der Waals surface area contributed by atoms with Gasteiger partial charge in [0.2, 0.25) is 0 Å². The number of rotatable bonds is 6. The summed E-state index contributed by atoms with van der Waals surface area (Å²) in [6.45, 7) is 10.9. The van der Waals surface area contributed by atoms with Crippen LogP contribution < -0.4 is 4.74 Å². The third-order valence-corrected chi connectivity index (χ3v) is 5.19. The third kappa shape index (κ3) is 5.72. The summed E-state index contributed by atoms with van der Waals surface area (Å²) < 4.78 is 6.12. The number of benzene rings is 2. The minimum Gasteiger partial charge on any atom is -0.734 e. The molecule has 2 aromatic carbocycles. The Hall–Kier alpha value is -3.15. The molecule has 3 rings (SSSR count). The molecular weight excluding hydrogens is 388 g/mol. The fourth-order valence-electron chi connectivity index (χ4n) is 3.40. The largest absolute Gasteiger partial charge is 0.734 e. The number of ether oxygens (including phenoxy) is 1. The monoisotopic (exact) mass is 417 g/mol. The Morgan fingerprint density at radius 3 is 2.39 bits per heavy atom. The molecule has 5 heteroatoms. The Morgan fingerprint density at radius 2 is 1.77 bits per heavy atom. The zero-order valence-corrected chi connectivity index (χ0v) is 18.7. The van der Waals surface area contributed by atoms with E-state index in [1.54, 1.807) is 0 Å². The van der Waals surface area contributed by atoms with Gasteiger partial charge in [-0.25, -0.2) is 0 Å². The van der Waals surface area contributed by atoms with Crippen LogP contribution in [0.5, 0.6) is 5.75 Å². The average molecular weight is 418 g/mol. The highest BCUT2D eigenvalue weighted by Gasteiger charge is 2.17. The number of hydrogen-bond donors (Lipinski definition) is 1. The SMILES string of the molecule is Cc1cc(C(C)(C)C)ccc1-c1cc(OCc2ccccc2)c(/C=C/N([O-])O)c(C)n1. The maximum atomic E-state index is 11.0. The predicted octanol–water partition coefficient (Wildman–Crippen LogP) is 6.40. The summed E-state index contributed by atoms with van der Waals surface area (Å²) in [4.78, 5) is 4.76. The first-order chi connectivity index (χ1) is 14.6. The van der Waals surface area contributed by atoms with Gasteiger partial charge in [-0.2, -0.15) is 0 Å². The van der Waals surface area contributed by atoms with Crippen LogP contribution >= 0.6 is 0 Å². The fraction of sp³-hybridized carbons (Fsp3) is 0.269. The Bertz CT molecular complexity index is 1070. The van der Waals surface area contributed by atoms with Crippen LogP contribution in [0.4, 0.5) is 0 Å². The smallest absolute Gasteiger partial charge is 0.131 e. The van der Waals surface area contributed by atoms with Crippen molar-refractivity contribution in [2.24, 2.45) is 0 Å². The first-order valence-electron chi connectivity index (χ1n) is 10.3. The number of aryl methyl sites for hydroxylation is 2. The van der Waals surface area contributed by atoms with Gasteiger partial charge < -0.3 is 15.2 Å². The van der Waals surface area contributed by atoms with Crippen molar-refractivity contribution in [1.82, 2.24) is 10.2 Å². The molecular formula is C26H29N2O3-. The van der Waals surface area contributed by atoms with Gasteiger partial charge in [-0.1, -0.05) is 69.3 Å². The fourth-order valence-corrected chi connectivity index (χ4v) is 3.40. The van der Waals surface area contributed by atoms with Crippen LogP contribution in [0, 0.1) is 19.1 Å². The van der Waals surface area contributed by atoms with Crippen molar-refractivity contribution in [3.63, 3.8) is 0 Å². The minimum atomic E-state index is -0.232. The number of pyridine rings is 1. The van der Waals surface area contributed by atoms with Crippen LogP contribution in [0.1, 0.15) is 48.7 Å². The molecule has 0 atom stereocenters. The van der Waals surface area contributed by atoms with Crippen LogP contribution in [0.3, 0.4) is 0 Å². The Morgan fingerprint density at radius 1 is 1.06 bits per heavy atom. The van der Waals surface area contributed by atoms with Crippen LogP contribution in [0.15, 0.2) is 60.8 Å².